The van der Waals surface area contributed by atoms with E-state index in [1.54, 1.807) is 11.8 Å². The molecule has 106 valence electrons. The second-order valence-corrected chi connectivity index (χ2v) is 4.41. The van der Waals surface area contributed by atoms with Crippen molar-refractivity contribution in [2.24, 2.45) is 5.92 Å². The summed E-state index contributed by atoms with van der Waals surface area (Å²) in [6.07, 6.45) is -1.18. The van der Waals surface area contributed by atoms with E-state index in [2.05, 4.69) is 0 Å². The lowest BCUT2D eigenvalue weighted by Crippen LogP contribution is -2.47. The zero-order valence-electron chi connectivity index (χ0n) is 10.8. The Kier molecular flexibility index (Phi) is 4.36. The molecular weight excluding hydrogens is 254 g/mol. The fourth-order valence-corrected chi connectivity index (χ4v) is 2.23. The van der Waals surface area contributed by atoms with E-state index in [4.69, 9.17) is 14.2 Å². The molecule has 0 N–H and O–H groups in total. The number of esters is 2. The normalized spacial score (nSPS) is 27.0. The first-order chi connectivity index (χ1) is 9.13. The third kappa shape index (κ3) is 3.04. The molecule has 2 atom stereocenters. The van der Waals surface area contributed by atoms with Crippen LogP contribution in [0.1, 0.15) is 13.3 Å². The summed E-state index contributed by atoms with van der Waals surface area (Å²) in [5.74, 6) is -2.21. The van der Waals surface area contributed by atoms with Crippen molar-refractivity contribution < 1.29 is 28.6 Å². The number of cyclic esters (lactones) is 1. The van der Waals surface area contributed by atoms with Gasteiger partial charge >= 0.3 is 11.9 Å². The molecule has 2 saturated heterocycles. The van der Waals surface area contributed by atoms with Crippen molar-refractivity contribution in [1.82, 2.24) is 4.90 Å². The maximum atomic E-state index is 12.3. The van der Waals surface area contributed by atoms with Gasteiger partial charge in [0.25, 0.3) is 0 Å². The van der Waals surface area contributed by atoms with E-state index < -0.39 is 24.0 Å². The summed E-state index contributed by atoms with van der Waals surface area (Å²) < 4.78 is 14.9. The molecule has 0 radical (unpaired) electrons. The molecule has 19 heavy (non-hydrogen) atoms. The van der Waals surface area contributed by atoms with Crippen molar-refractivity contribution in [2.45, 2.75) is 19.4 Å². The number of amides is 1. The van der Waals surface area contributed by atoms with Gasteiger partial charge in [-0.05, 0) is 6.92 Å². The second kappa shape index (κ2) is 6.01. The number of nitrogens with zero attached hydrogens (tertiary/aromatic N) is 1. The quantitative estimate of drug-likeness (QED) is 0.634. The number of carbonyl (C=O) groups is 3. The first-order valence-corrected chi connectivity index (χ1v) is 6.36. The predicted molar refractivity (Wildman–Crippen MR) is 62.0 cm³/mol. The number of hydrogen-bond donors (Lipinski definition) is 0. The molecule has 0 aromatic carbocycles. The molecule has 0 unspecified atom stereocenters. The van der Waals surface area contributed by atoms with Crippen LogP contribution in [0.5, 0.6) is 0 Å². The lowest BCUT2D eigenvalue weighted by molar-refractivity contribution is -0.165. The number of ether oxygens (including phenoxy) is 3. The largest absolute Gasteiger partial charge is 0.463 e. The Morgan fingerprint density at radius 1 is 1.37 bits per heavy atom. The monoisotopic (exact) mass is 271 g/mol. The summed E-state index contributed by atoms with van der Waals surface area (Å²) in [6.45, 7) is 3.73. The van der Waals surface area contributed by atoms with Crippen LogP contribution < -0.4 is 0 Å². The summed E-state index contributed by atoms with van der Waals surface area (Å²) in [5.41, 5.74) is 0. The highest BCUT2D eigenvalue weighted by Crippen LogP contribution is 2.25. The van der Waals surface area contributed by atoms with Crippen molar-refractivity contribution in [3.63, 3.8) is 0 Å². The Morgan fingerprint density at radius 3 is 2.68 bits per heavy atom. The van der Waals surface area contributed by atoms with Gasteiger partial charge < -0.3 is 19.1 Å². The molecule has 0 saturated carbocycles. The highest BCUT2D eigenvalue weighted by molar-refractivity contribution is 5.94. The van der Waals surface area contributed by atoms with E-state index in [1.165, 1.54) is 0 Å². The molecule has 7 nitrogen and oxygen atoms in total. The molecule has 2 heterocycles. The maximum absolute atomic E-state index is 12.3. The van der Waals surface area contributed by atoms with Gasteiger partial charge in [0.1, 0.15) is 0 Å². The number of rotatable bonds is 3. The molecule has 0 spiro atoms. The van der Waals surface area contributed by atoms with E-state index in [1.807, 2.05) is 0 Å². The van der Waals surface area contributed by atoms with Crippen LogP contribution in [-0.2, 0) is 28.6 Å². The molecule has 0 aromatic rings. The van der Waals surface area contributed by atoms with Gasteiger partial charge in [-0.3, -0.25) is 9.59 Å². The van der Waals surface area contributed by atoms with Crippen molar-refractivity contribution in [2.75, 3.05) is 32.9 Å². The fraction of sp³-hybridized carbons (Fsp3) is 0.750. The van der Waals surface area contributed by atoms with Crippen LogP contribution in [0, 0.1) is 5.92 Å². The van der Waals surface area contributed by atoms with E-state index in [0.29, 0.717) is 26.3 Å². The summed E-state index contributed by atoms with van der Waals surface area (Å²) in [7, 11) is 0. The average molecular weight is 271 g/mol. The number of morpholine rings is 1. The van der Waals surface area contributed by atoms with Crippen molar-refractivity contribution in [3.8, 4) is 0 Å². The van der Waals surface area contributed by atoms with Crippen LogP contribution in [0.4, 0.5) is 0 Å². The van der Waals surface area contributed by atoms with Crippen molar-refractivity contribution >= 4 is 17.8 Å². The van der Waals surface area contributed by atoms with E-state index >= 15 is 0 Å². The minimum Gasteiger partial charge on any atom is -0.463 e. The summed E-state index contributed by atoms with van der Waals surface area (Å²) >= 11 is 0. The lowest BCUT2D eigenvalue weighted by atomic mass is 9.99. The Balaban J connectivity index is 2.05. The highest BCUT2D eigenvalue weighted by atomic mass is 16.6. The Morgan fingerprint density at radius 2 is 2.05 bits per heavy atom. The van der Waals surface area contributed by atoms with Gasteiger partial charge in [-0.15, -0.1) is 0 Å². The molecule has 2 fully saturated rings. The number of carbonyl (C=O) groups excluding carboxylic acids is 3. The van der Waals surface area contributed by atoms with Gasteiger partial charge in [-0.2, -0.15) is 0 Å². The molecule has 2 aliphatic rings. The lowest BCUT2D eigenvalue weighted by Gasteiger charge is -2.29. The molecule has 7 heteroatoms. The molecule has 0 bridgehead atoms. The first kappa shape index (κ1) is 13.8. The first-order valence-electron chi connectivity index (χ1n) is 6.36. The minimum absolute atomic E-state index is 0.0698. The smallest absolute Gasteiger partial charge is 0.348 e. The highest BCUT2D eigenvalue weighted by Gasteiger charge is 2.46. The van der Waals surface area contributed by atoms with Crippen LogP contribution >= 0.6 is 0 Å². The Labute approximate surface area is 110 Å². The van der Waals surface area contributed by atoms with Gasteiger partial charge in [0.15, 0.2) is 0 Å². The van der Waals surface area contributed by atoms with Crippen LogP contribution in [-0.4, -0.2) is 61.8 Å². The van der Waals surface area contributed by atoms with Gasteiger partial charge in [0, 0.05) is 13.1 Å². The van der Waals surface area contributed by atoms with Gasteiger partial charge in [0.05, 0.1) is 32.2 Å². The van der Waals surface area contributed by atoms with Crippen LogP contribution in [0.25, 0.3) is 0 Å². The predicted octanol–water partition coefficient (Wildman–Crippen LogP) is -0.660. The van der Waals surface area contributed by atoms with Crippen LogP contribution in [0.15, 0.2) is 0 Å². The number of hydrogen-bond acceptors (Lipinski definition) is 6. The zero-order valence-corrected chi connectivity index (χ0v) is 10.8. The van der Waals surface area contributed by atoms with Gasteiger partial charge in [0.2, 0.25) is 12.0 Å². The fourth-order valence-electron chi connectivity index (χ4n) is 2.23. The van der Waals surface area contributed by atoms with Gasteiger partial charge in [-0.25, -0.2) is 4.79 Å². The molecular formula is C12H17NO6. The molecule has 0 aromatic heterocycles. The summed E-state index contributed by atoms with van der Waals surface area (Å²) in [4.78, 5) is 36.9. The second-order valence-electron chi connectivity index (χ2n) is 4.41. The standard InChI is InChI=1S/C12H17NO6/c1-2-18-12(16)10-8(7-9(14)19-10)11(15)13-3-5-17-6-4-13/h8,10H,2-7H2,1H3/t8-,10+/m0/s1. The third-order valence-electron chi connectivity index (χ3n) is 3.17. The topological polar surface area (TPSA) is 82.1 Å². The Bertz CT molecular complexity index is 376. The molecule has 2 rings (SSSR count). The van der Waals surface area contributed by atoms with Crippen LogP contribution in [0.3, 0.4) is 0 Å². The summed E-state index contributed by atoms with van der Waals surface area (Å²) in [6, 6.07) is 0. The van der Waals surface area contributed by atoms with Gasteiger partial charge in [-0.1, -0.05) is 0 Å². The molecule has 2 aliphatic heterocycles. The van der Waals surface area contributed by atoms with E-state index in [9.17, 15) is 14.4 Å². The SMILES string of the molecule is CCOC(=O)[C@@H]1OC(=O)C[C@@H]1C(=O)N1CCOCC1. The van der Waals surface area contributed by atoms with E-state index in [-0.39, 0.29) is 18.9 Å². The minimum atomic E-state index is -1.11. The zero-order chi connectivity index (χ0) is 13.8. The maximum Gasteiger partial charge on any atom is 0.348 e. The Hall–Kier alpha value is -1.63. The summed E-state index contributed by atoms with van der Waals surface area (Å²) in [5, 5.41) is 0. The average Bonchev–Trinajstić information content (AvgIpc) is 2.81. The third-order valence-corrected chi connectivity index (χ3v) is 3.17. The molecule has 0 aliphatic carbocycles. The molecule has 1 amide bonds. The van der Waals surface area contributed by atoms with E-state index in [0.717, 1.165) is 0 Å². The van der Waals surface area contributed by atoms with Crippen LogP contribution in [0.2, 0.25) is 0 Å². The van der Waals surface area contributed by atoms with Crippen molar-refractivity contribution in [1.29, 1.82) is 0 Å². The van der Waals surface area contributed by atoms with Crippen molar-refractivity contribution in [3.05, 3.63) is 0 Å².